The molecule has 19 heavy (non-hydrogen) atoms. The summed E-state index contributed by atoms with van der Waals surface area (Å²) in [5.41, 5.74) is 0.0953. The van der Waals surface area contributed by atoms with Crippen LogP contribution in [0, 0.1) is 10.8 Å². The number of allylic oxidation sites excluding steroid dienone is 1. The van der Waals surface area contributed by atoms with E-state index in [1.807, 2.05) is 0 Å². The van der Waals surface area contributed by atoms with Crippen LogP contribution in [-0.2, 0) is 9.47 Å². The highest BCUT2D eigenvalue weighted by Gasteiger charge is 2.86. The molecule has 2 bridgehead atoms. The number of ether oxygens (including phenoxy) is 2. The normalized spacial score (nSPS) is 62.3. The first-order valence-corrected chi connectivity index (χ1v) is 7.19. The molecule has 0 aromatic carbocycles. The molecular formula is C15H22O4. The van der Waals surface area contributed by atoms with Crippen LogP contribution in [0.1, 0.15) is 40.0 Å². The second-order valence-electron chi connectivity index (χ2n) is 7.28. The Bertz CT molecular complexity index is 489. The molecule has 0 aromatic heterocycles. The maximum Gasteiger partial charge on any atom is 0.195 e. The molecular weight excluding hydrogens is 244 g/mol. The second-order valence-corrected chi connectivity index (χ2v) is 7.28. The largest absolute Gasteiger partial charge is 0.393 e. The molecule has 4 rings (SSSR count). The van der Waals surface area contributed by atoms with Gasteiger partial charge in [-0.15, -0.1) is 0 Å². The summed E-state index contributed by atoms with van der Waals surface area (Å²) in [6.45, 7) is 6.36. The molecule has 2 saturated heterocycles. The third-order valence-electron chi connectivity index (χ3n) is 6.67. The van der Waals surface area contributed by atoms with Crippen molar-refractivity contribution in [3.8, 4) is 0 Å². The van der Waals surface area contributed by atoms with Crippen LogP contribution in [0.4, 0.5) is 0 Å². The van der Waals surface area contributed by atoms with Crippen LogP contribution in [0.25, 0.3) is 0 Å². The average molecular weight is 266 g/mol. The highest BCUT2D eigenvalue weighted by Crippen LogP contribution is 2.77. The van der Waals surface area contributed by atoms with Gasteiger partial charge >= 0.3 is 0 Å². The minimum absolute atomic E-state index is 0.0878. The van der Waals surface area contributed by atoms with Crippen molar-refractivity contribution in [2.45, 2.75) is 63.6 Å². The van der Waals surface area contributed by atoms with E-state index in [2.05, 4.69) is 26.8 Å². The van der Waals surface area contributed by atoms with Gasteiger partial charge in [0, 0.05) is 10.8 Å². The fraction of sp³-hybridized carbons (Fsp3) is 0.867. The summed E-state index contributed by atoms with van der Waals surface area (Å²) in [7, 11) is 0. The Balaban J connectivity index is 1.98. The summed E-state index contributed by atoms with van der Waals surface area (Å²) in [6.07, 6.45) is 3.79. The van der Waals surface area contributed by atoms with E-state index in [0.29, 0.717) is 6.42 Å². The fourth-order valence-corrected chi connectivity index (χ4v) is 5.28. The molecule has 1 unspecified atom stereocenters. The van der Waals surface area contributed by atoms with Gasteiger partial charge in [0.2, 0.25) is 0 Å². The van der Waals surface area contributed by atoms with Crippen molar-refractivity contribution < 1.29 is 19.7 Å². The first-order chi connectivity index (χ1) is 8.84. The molecule has 4 heteroatoms. The number of hydrogen-bond donors (Lipinski definition) is 2. The Morgan fingerprint density at radius 3 is 2.79 bits per heavy atom. The lowest BCUT2D eigenvalue weighted by Crippen LogP contribution is -2.60. The van der Waals surface area contributed by atoms with Crippen LogP contribution >= 0.6 is 0 Å². The Morgan fingerprint density at radius 2 is 2.11 bits per heavy atom. The molecule has 0 amide bonds. The molecule has 0 aromatic rings. The average Bonchev–Trinajstić information content (AvgIpc) is 2.83. The monoisotopic (exact) mass is 266 g/mol. The number of aliphatic hydroxyl groups is 2. The van der Waals surface area contributed by atoms with Crippen LogP contribution in [0.2, 0.25) is 0 Å². The summed E-state index contributed by atoms with van der Waals surface area (Å²) in [4.78, 5) is 0. The zero-order valence-corrected chi connectivity index (χ0v) is 11.8. The minimum Gasteiger partial charge on any atom is -0.393 e. The zero-order chi connectivity index (χ0) is 13.7. The number of hydrogen-bond acceptors (Lipinski definition) is 4. The molecule has 1 spiro atoms. The van der Waals surface area contributed by atoms with E-state index in [1.165, 1.54) is 5.57 Å². The van der Waals surface area contributed by atoms with Gasteiger partial charge in [-0.2, -0.15) is 0 Å². The third kappa shape index (κ3) is 0.963. The Kier molecular flexibility index (Phi) is 2.00. The van der Waals surface area contributed by atoms with E-state index < -0.39 is 23.6 Å². The lowest BCUT2D eigenvalue weighted by molar-refractivity contribution is -0.204. The van der Waals surface area contributed by atoms with Crippen molar-refractivity contribution in [1.29, 1.82) is 0 Å². The van der Waals surface area contributed by atoms with Crippen molar-refractivity contribution in [2.24, 2.45) is 10.8 Å². The van der Waals surface area contributed by atoms with E-state index in [1.54, 1.807) is 0 Å². The fourth-order valence-electron chi connectivity index (χ4n) is 5.28. The summed E-state index contributed by atoms with van der Waals surface area (Å²) < 4.78 is 12.5. The standard InChI is InChI=1S/C15H22O4/c1-9-4-5-12(2)13(3)7-10(17)11-14(13,8-16)19-15(12,6-9)18-11/h6,10-11,16-17H,4-5,7-8H2,1-3H3/t10-,11-,12+,13-,14+,15?/m0/s1. The zero-order valence-electron chi connectivity index (χ0n) is 11.8. The smallest absolute Gasteiger partial charge is 0.195 e. The maximum absolute atomic E-state index is 10.3. The van der Waals surface area contributed by atoms with Crippen LogP contribution in [-0.4, -0.2) is 40.4 Å². The molecule has 6 atom stereocenters. The molecule has 1 saturated carbocycles. The first-order valence-electron chi connectivity index (χ1n) is 7.19. The molecule has 2 aliphatic carbocycles. The molecule has 0 radical (unpaired) electrons. The Hall–Kier alpha value is -0.420. The van der Waals surface area contributed by atoms with Gasteiger partial charge in [0.1, 0.15) is 11.7 Å². The van der Waals surface area contributed by atoms with Gasteiger partial charge in [-0.25, -0.2) is 0 Å². The maximum atomic E-state index is 10.3. The lowest BCUT2D eigenvalue weighted by atomic mass is 9.53. The summed E-state index contributed by atoms with van der Waals surface area (Å²) in [5, 5.41) is 20.3. The molecule has 2 N–H and O–H groups in total. The second kappa shape index (κ2) is 3.08. The van der Waals surface area contributed by atoms with E-state index in [4.69, 9.17) is 9.47 Å². The van der Waals surface area contributed by atoms with Crippen molar-refractivity contribution in [1.82, 2.24) is 0 Å². The third-order valence-corrected chi connectivity index (χ3v) is 6.67. The van der Waals surface area contributed by atoms with E-state index >= 15 is 0 Å². The van der Waals surface area contributed by atoms with Crippen molar-refractivity contribution in [2.75, 3.05) is 6.61 Å². The Labute approximate surface area is 113 Å². The number of aliphatic hydroxyl groups excluding tert-OH is 2. The van der Waals surface area contributed by atoms with E-state index in [0.717, 1.165) is 12.8 Å². The van der Waals surface area contributed by atoms with Crippen molar-refractivity contribution >= 4 is 0 Å². The van der Waals surface area contributed by atoms with Gasteiger partial charge in [0.25, 0.3) is 0 Å². The number of fused-ring (bicyclic) bond motifs is 1. The van der Waals surface area contributed by atoms with Crippen LogP contribution < -0.4 is 0 Å². The van der Waals surface area contributed by atoms with Crippen LogP contribution in [0.15, 0.2) is 11.6 Å². The van der Waals surface area contributed by atoms with Gasteiger partial charge in [-0.3, -0.25) is 0 Å². The van der Waals surface area contributed by atoms with Gasteiger partial charge < -0.3 is 19.7 Å². The molecule has 2 aliphatic heterocycles. The molecule has 106 valence electrons. The van der Waals surface area contributed by atoms with E-state index in [9.17, 15) is 10.2 Å². The predicted molar refractivity (Wildman–Crippen MR) is 68.3 cm³/mol. The van der Waals surface area contributed by atoms with Gasteiger partial charge in [0.15, 0.2) is 5.79 Å². The molecule has 2 heterocycles. The topological polar surface area (TPSA) is 58.9 Å². The van der Waals surface area contributed by atoms with Gasteiger partial charge in [0.05, 0.1) is 12.7 Å². The first kappa shape index (κ1) is 12.3. The molecule has 4 aliphatic rings. The minimum atomic E-state index is -0.755. The van der Waals surface area contributed by atoms with Crippen LogP contribution in [0.3, 0.4) is 0 Å². The lowest BCUT2D eigenvalue weighted by Gasteiger charge is -2.52. The molecule has 3 fully saturated rings. The highest BCUT2D eigenvalue weighted by atomic mass is 16.8. The summed E-state index contributed by atoms with van der Waals surface area (Å²) >= 11 is 0. The Morgan fingerprint density at radius 1 is 1.37 bits per heavy atom. The predicted octanol–water partition coefficient (Wildman–Crippen LogP) is 1.36. The van der Waals surface area contributed by atoms with Gasteiger partial charge in [-0.05, 0) is 32.3 Å². The number of rotatable bonds is 1. The highest BCUT2D eigenvalue weighted by molar-refractivity contribution is 5.36. The quantitative estimate of drug-likeness (QED) is 0.704. The molecule has 4 nitrogen and oxygen atoms in total. The SMILES string of the molecule is CC1=CC23O[C@H]4[C@@H](O)C[C@@](C)([C@@]2(C)CC1)[C@]4(CO)O3. The van der Waals surface area contributed by atoms with E-state index in [-0.39, 0.29) is 17.4 Å². The van der Waals surface area contributed by atoms with Crippen molar-refractivity contribution in [3.05, 3.63) is 11.6 Å². The van der Waals surface area contributed by atoms with Crippen LogP contribution in [0.5, 0.6) is 0 Å². The van der Waals surface area contributed by atoms with Gasteiger partial charge in [-0.1, -0.05) is 19.4 Å². The van der Waals surface area contributed by atoms with Crippen molar-refractivity contribution in [3.63, 3.8) is 0 Å². The summed E-state index contributed by atoms with van der Waals surface area (Å²) in [5.74, 6) is -0.755. The summed E-state index contributed by atoms with van der Waals surface area (Å²) in [6, 6.07) is 0.